The number of hydrogen-bond acceptors (Lipinski definition) is 4. The highest BCUT2D eigenvalue weighted by Gasteiger charge is 2.32. The summed E-state index contributed by atoms with van der Waals surface area (Å²) < 4.78 is 45.0. The summed E-state index contributed by atoms with van der Waals surface area (Å²) in [5.41, 5.74) is 0.387. The second-order valence-electron chi connectivity index (χ2n) is 6.23. The molecule has 6 nitrogen and oxygen atoms in total. The Bertz CT molecular complexity index is 701. The molecule has 1 aromatic carbocycles. The largest absolute Gasteiger partial charge is 0.385 e. The monoisotopic (exact) mass is 372 g/mol. The molecule has 0 atom stereocenters. The van der Waals surface area contributed by atoms with Gasteiger partial charge in [-0.15, -0.1) is 0 Å². The van der Waals surface area contributed by atoms with Crippen molar-refractivity contribution in [2.45, 2.75) is 31.1 Å². The van der Waals surface area contributed by atoms with Crippen LogP contribution >= 0.6 is 0 Å². The van der Waals surface area contributed by atoms with E-state index >= 15 is 0 Å². The number of carbonyl (C=O) groups is 1. The number of benzene rings is 1. The minimum Gasteiger partial charge on any atom is -0.385 e. The van der Waals surface area contributed by atoms with Gasteiger partial charge in [0, 0.05) is 39.3 Å². The molecule has 0 bridgehead atoms. The maximum Gasteiger partial charge on any atom is 0.243 e. The van der Waals surface area contributed by atoms with E-state index in [1.54, 1.807) is 14.0 Å². The van der Waals surface area contributed by atoms with Crippen molar-refractivity contribution in [2.75, 3.05) is 33.4 Å². The summed E-state index contributed by atoms with van der Waals surface area (Å²) >= 11 is 0. The van der Waals surface area contributed by atoms with Crippen molar-refractivity contribution in [1.29, 1.82) is 0 Å². The predicted octanol–water partition coefficient (Wildman–Crippen LogP) is 1.69. The molecule has 0 radical (unpaired) electrons. The maximum absolute atomic E-state index is 13.2. The number of sulfonamides is 1. The number of halogens is 1. The topological polar surface area (TPSA) is 75.7 Å². The fourth-order valence-electron chi connectivity index (χ4n) is 2.97. The number of hydrogen-bond donors (Lipinski definition) is 1. The Labute approximate surface area is 148 Å². The molecule has 1 fully saturated rings. The number of nitrogens with one attached hydrogen (secondary N) is 1. The molecule has 1 amide bonds. The fraction of sp³-hybridized carbons (Fsp3) is 0.588. The molecule has 1 aliphatic rings. The smallest absolute Gasteiger partial charge is 0.243 e. The molecule has 0 saturated carbocycles. The van der Waals surface area contributed by atoms with Gasteiger partial charge in [-0.05, 0) is 49.9 Å². The summed E-state index contributed by atoms with van der Waals surface area (Å²) in [5.74, 6) is -0.672. The van der Waals surface area contributed by atoms with E-state index in [0.29, 0.717) is 31.6 Å². The van der Waals surface area contributed by atoms with Crippen molar-refractivity contribution < 1.29 is 22.3 Å². The molecular weight excluding hydrogens is 347 g/mol. The third-order valence-electron chi connectivity index (χ3n) is 4.40. The van der Waals surface area contributed by atoms with Gasteiger partial charge in [0.15, 0.2) is 0 Å². The Morgan fingerprint density at radius 2 is 2.04 bits per heavy atom. The van der Waals surface area contributed by atoms with Crippen molar-refractivity contribution in [2.24, 2.45) is 5.92 Å². The highest BCUT2D eigenvalue weighted by atomic mass is 32.2. The number of methoxy groups -OCH3 is 1. The molecule has 1 saturated heterocycles. The van der Waals surface area contributed by atoms with E-state index in [1.165, 1.54) is 16.4 Å². The van der Waals surface area contributed by atoms with Gasteiger partial charge in [0.05, 0.1) is 4.90 Å². The number of amides is 1. The van der Waals surface area contributed by atoms with Crippen molar-refractivity contribution in [1.82, 2.24) is 9.62 Å². The van der Waals surface area contributed by atoms with Crippen LogP contribution in [0.1, 0.15) is 24.8 Å². The molecule has 0 aromatic heterocycles. The molecule has 8 heteroatoms. The standard InChI is InChI=1S/C17H25FN2O4S/c1-13-12-15(18)4-5-16(13)25(22,23)20-9-6-14(7-10-20)17(21)19-8-3-11-24-2/h4-5,12,14H,3,6-11H2,1-2H3,(H,19,21). The van der Waals surface area contributed by atoms with Crippen LogP contribution in [-0.2, 0) is 19.6 Å². The molecule has 0 unspecified atom stereocenters. The van der Waals surface area contributed by atoms with Crippen LogP contribution in [0.2, 0.25) is 0 Å². The van der Waals surface area contributed by atoms with Crippen LogP contribution in [0.3, 0.4) is 0 Å². The van der Waals surface area contributed by atoms with Gasteiger partial charge in [0.1, 0.15) is 5.82 Å². The van der Waals surface area contributed by atoms with E-state index in [4.69, 9.17) is 4.74 Å². The van der Waals surface area contributed by atoms with E-state index in [0.717, 1.165) is 12.5 Å². The third kappa shape index (κ3) is 4.99. The molecular formula is C17H25FN2O4S. The SMILES string of the molecule is COCCCNC(=O)C1CCN(S(=O)(=O)c2ccc(F)cc2C)CC1. The van der Waals surface area contributed by atoms with Crippen LogP contribution in [0.15, 0.2) is 23.1 Å². The summed E-state index contributed by atoms with van der Waals surface area (Å²) in [6.07, 6.45) is 1.71. The highest BCUT2D eigenvalue weighted by molar-refractivity contribution is 7.89. The van der Waals surface area contributed by atoms with Gasteiger partial charge in [0.25, 0.3) is 0 Å². The zero-order valence-corrected chi connectivity index (χ0v) is 15.4. The van der Waals surface area contributed by atoms with Gasteiger partial charge >= 0.3 is 0 Å². The zero-order valence-electron chi connectivity index (χ0n) is 14.6. The van der Waals surface area contributed by atoms with Gasteiger partial charge in [0.2, 0.25) is 15.9 Å². The molecule has 1 aliphatic heterocycles. The number of carbonyl (C=O) groups excluding carboxylic acids is 1. The van der Waals surface area contributed by atoms with Crippen LogP contribution in [0.5, 0.6) is 0 Å². The highest BCUT2D eigenvalue weighted by Crippen LogP contribution is 2.26. The molecule has 1 heterocycles. The Morgan fingerprint density at radius 1 is 1.36 bits per heavy atom. The lowest BCUT2D eigenvalue weighted by Crippen LogP contribution is -2.43. The Morgan fingerprint density at radius 3 is 2.64 bits per heavy atom. The molecule has 1 aromatic rings. The lowest BCUT2D eigenvalue weighted by Gasteiger charge is -2.31. The first kappa shape index (κ1) is 19.8. The van der Waals surface area contributed by atoms with Gasteiger partial charge < -0.3 is 10.1 Å². The lowest BCUT2D eigenvalue weighted by atomic mass is 9.97. The van der Waals surface area contributed by atoms with Crippen LogP contribution in [0.25, 0.3) is 0 Å². The Kier molecular flexibility index (Phi) is 6.92. The van der Waals surface area contributed by atoms with E-state index in [1.807, 2.05) is 0 Å². The number of aryl methyl sites for hydroxylation is 1. The average Bonchev–Trinajstić information content (AvgIpc) is 2.58. The average molecular weight is 372 g/mol. The Hall–Kier alpha value is -1.51. The first-order valence-corrected chi connectivity index (χ1v) is 9.83. The fourth-order valence-corrected chi connectivity index (χ4v) is 4.65. The van der Waals surface area contributed by atoms with E-state index < -0.39 is 15.8 Å². The minimum atomic E-state index is -3.66. The first-order chi connectivity index (χ1) is 11.9. The van der Waals surface area contributed by atoms with Gasteiger partial charge in [-0.3, -0.25) is 4.79 Å². The van der Waals surface area contributed by atoms with Crippen LogP contribution < -0.4 is 5.32 Å². The van der Waals surface area contributed by atoms with Crippen LogP contribution in [-0.4, -0.2) is 52.0 Å². The van der Waals surface area contributed by atoms with Gasteiger partial charge in [-0.2, -0.15) is 4.31 Å². The molecule has 0 spiro atoms. The summed E-state index contributed by atoms with van der Waals surface area (Å²) in [7, 11) is -2.05. The van der Waals surface area contributed by atoms with E-state index in [2.05, 4.69) is 5.32 Å². The summed E-state index contributed by atoms with van der Waals surface area (Å²) in [6.45, 7) is 3.30. The van der Waals surface area contributed by atoms with Crippen LogP contribution in [0, 0.1) is 18.7 Å². The number of nitrogens with zero attached hydrogens (tertiary/aromatic N) is 1. The Balaban J connectivity index is 1.93. The molecule has 25 heavy (non-hydrogen) atoms. The summed E-state index contributed by atoms with van der Waals surface area (Å²) in [5, 5.41) is 2.86. The molecule has 140 valence electrons. The van der Waals surface area contributed by atoms with Crippen molar-refractivity contribution in [3.63, 3.8) is 0 Å². The number of piperidine rings is 1. The second-order valence-corrected chi connectivity index (χ2v) is 8.13. The quantitative estimate of drug-likeness (QED) is 0.739. The zero-order chi connectivity index (χ0) is 18.4. The van der Waals surface area contributed by atoms with E-state index in [-0.39, 0.29) is 29.8 Å². The van der Waals surface area contributed by atoms with Gasteiger partial charge in [-0.25, -0.2) is 12.8 Å². The molecule has 2 rings (SSSR count). The van der Waals surface area contributed by atoms with Crippen molar-refractivity contribution in [3.05, 3.63) is 29.6 Å². The predicted molar refractivity (Wildman–Crippen MR) is 92.1 cm³/mol. The van der Waals surface area contributed by atoms with Gasteiger partial charge in [-0.1, -0.05) is 0 Å². The lowest BCUT2D eigenvalue weighted by molar-refractivity contribution is -0.126. The molecule has 0 aliphatic carbocycles. The minimum absolute atomic E-state index is 0.0360. The number of ether oxygens (including phenoxy) is 1. The summed E-state index contributed by atoms with van der Waals surface area (Å²) in [4.78, 5) is 12.2. The van der Waals surface area contributed by atoms with Crippen molar-refractivity contribution >= 4 is 15.9 Å². The first-order valence-electron chi connectivity index (χ1n) is 8.39. The normalized spacial score (nSPS) is 16.8. The summed E-state index contributed by atoms with van der Waals surface area (Å²) in [6, 6.07) is 3.67. The second kappa shape index (κ2) is 8.73. The van der Waals surface area contributed by atoms with E-state index in [9.17, 15) is 17.6 Å². The van der Waals surface area contributed by atoms with Crippen molar-refractivity contribution in [3.8, 4) is 0 Å². The third-order valence-corrected chi connectivity index (χ3v) is 6.46. The maximum atomic E-state index is 13.2. The number of rotatable bonds is 7. The van der Waals surface area contributed by atoms with Crippen LogP contribution in [0.4, 0.5) is 4.39 Å². The molecule has 1 N–H and O–H groups in total.